The van der Waals surface area contributed by atoms with Gasteiger partial charge in [0.2, 0.25) is 0 Å². The smallest absolute Gasteiger partial charge is 0.303 e. The Labute approximate surface area is 209 Å². The van der Waals surface area contributed by atoms with Crippen molar-refractivity contribution in [2.24, 2.45) is 0 Å². The quantitative estimate of drug-likeness (QED) is 0.275. The first-order valence-corrected chi connectivity index (χ1v) is 12.0. The van der Waals surface area contributed by atoms with Gasteiger partial charge in [-0.15, -0.1) is 0 Å². The molecule has 0 spiro atoms. The van der Waals surface area contributed by atoms with Crippen molar-refractivity contribution < 1.29 is 28.2 Å². The first-order valence-electron chi connectivity index (χ1n) is 11.6. The van der Waals surface area contributed by atoms with E-state index in [4.69, 9.17) is 26.2 Å². The lowest BCUT2D eigenvalue weighted by atomic mass is 10.0. The molecule has 35 heavy (non-hydrogen) atoms. The molecule has 0 saturated heterocycles. The van der Waals surface area contributed by atoms with E-state index in [2.05, 4.69) is 0 Å². The molecule has 4 nitrogen and oxygen atoms in total. The van der Waals surface area contributed by atoms with Gasteiger partial charge in [0.1, 0.15) is 11.5 Å². The summed E-state index contributed by atoms with van der Waals surface area (Å²) in [7, 11) is 0. The number of ether oxygens (including phenoxy) is 2. The summed E-state index contributed by atoms with van der Waals surface area (Å²) < 4.78 is 38.6. The molecule has 0 radical (unpaired) electrons. The van der Waals surface area contributed by atoms with Crippen molar-refractivity contribution in [1.29, 1.82) is 0 Å². The molecule has 7 heteroatoms. The van der Waals surface area contributed by atoms with Gasteiger partial charge < -0.3 is 14.6 Å². The van der Waals surface area contributed by atoms with E-state index >= 15 is 0 Å². The Morgan fingerprint density at radius 2 is 1.86 bits per heavy atom. The molecule has 3 aromatic carbocycles. The molecule has 0 aliphatic carbocycles. The number of rotatable bonds is 12. The molecule has 0 amide bonds. The molecule has 186 valence electrons. The van der Waals surface area contributed by atoms with Crippen LogP contribution in [0.15, 0.2) is 60.7 Å². The second kappa shape index (κ2) is 12.5. The molecule has 0 fully saturated rings. The number of benzene rings is 3. The second-order valence-electron chi connectivity index (χ2n) is 8.31. The van der Waals surface area contributed by atoms with E-state index in [-0.39, 0.29) is 18.1 Å². The minimum atomic E-state index is -2.59. The summed E-state index contributed by atoms with van der Waals surface area (Å²) >= 11 is 6.11. The zero-order valence-electron chi connectivity index (χ0n) is 19.8. The minimum Gasteiger partial charge on any atom is -0.493 e. The molecule has 0 unspecified atom stereocenters. The van der Waals surface area contributed by atoms with Gasteiger partial charge in [-0.3, -0.25) is 4.79 Å². The van der Waals surface area contributed by atoms with Crippen molar-refractivity contribution in [3.05, 3.63) is 82.4 Å². The number of halogens is 3. The van der Waals surface area contributed by atoms with Crippen molar-refractivity contribution in [2.75, 3.05) is 6.61 Å². The molecule has 1 atom stereocenters. The minimum absolute atomic E-state index is 0.0816. The van der Waals surface area contributed by atoms with Gasteiger partial charge in [-0.25, -0.2) is 8.78 Å². The Balaban J connectivity index is 1.65. The van der Waals surface area contributed by atoms with Gasteiger partial charge in [0.05, 0.1) is 12.7 Å². The van der Waals surface area contributed by atoms with Crippen molar-refractivity contribution in [1.82, 2.24) is 0 Å². The van der Waals surface area contributed by atoms with Crippen LogP contribution < -0.4 is 9.47 Å². The SMILES string of the molecule is CCc1cc(OCC[C@@H](C)Oc2ccc(C(F)F)cc2-c2cccc(Cl)c2)ccc1CCC(=O)O. The molecule has 3 aromatic rings. The molecular weight excluding hydrogens is 474 g/mol. The first kappa shape index (κ1) is 26.5. The van der Waals surface area contributed by atoms with Crippen molar-refractivity contribution >= 4 is 17.6 Å². The van der Waals surface area contributed by atoms with Crippen molar-refractivity contribution in [3.63, 3.8) is 0 Å². The highest BCUT2D eigenvalue weighted by atomic mass is 35.5. The molecule has 0 aliphatic rings. The summed E-state index contributed by atoms with van der Waals surface area (Å²) in [5.41, 5.74) is 3.26. The van der Waals surface area contributed by atoms with Crippen LogP contribution in [0, 0.1) is 0 Å². The van der Waals surface area contributed by atoms with Crippen LogP contribution in [0.5, 0.6) is 11.5 Å². The number of hydrogen-bond acceptors (Lipinski definition) is 3. The summed E-state index contributed by atoms with van der Waals surface area (Å²) in [5, 5.41) is 9.43. The van der Waals surface area contributed by atoms with E-state index in [9.17, 15) is 13.6 Å². The maximum atomic E-state index is 13.3. The van der Waals surface area contributed by atoms with Gasteiger partial charge in [-0.1, -0.05) is 36.7 Å². The van der Waals surface area contributed by atoms with Crippen LogP contribution >= 0.6 is 11.6 Å². The van der Waals surface area contributed by atoms with E-state index < -0.39 is 12.4 Å². The second-order valence-corrected chi connectivity index (χ2v) is 8.75. The maximum absolute atomic E-state index is 13.3. The molecule has 0 aliphatic heterocycles. The Morgan fingerprint density at radius 3 is 2.54 bits per heavy atom. The highest BCUT2D eigenvalue weighted by molar-refractivity contribution is 6.30. The van der Waals surface area contributed by atoms with Crippen LogP contribution in [0.2, 0.25) is 5.02 Å². The van der Waals surface area contributed by atoms with Crippen LogP contribution in [-0.2, 0) is 17.6 Å². The normalized spacial score (nSPS) is 11.9. The Morgan fingerprint density at radius 1 is 1.06 bits per heavy atom. The zero-order chi connectivity index (χ0) is 25.4. The molecular formula is C28H29ClF2O4. The van der Waals surface area contributed by atoms with E-state index in [1.165, 1.54) is 12.1 Å². The third-order valence-electron chi connectivity index (χ3n) is 5.68. The fourth-order valence-corrected chi connectivity index (χ4v) is 3.98. The lowest BCUT2D eigenvalue weighted by Gasteiger charge is -2.19. The van der Waals surface area contributed by atoms with Crippen LogP contribution in [0.25, 0.3) is 11.1 Å². The van der Waals surface area contributed by atoms with Crippen molar-refractivity contribution in [3.8, 4) is 22.6 Å². The number of aryl methyl sites for hydroxylation is 2. The largest absolute Gasteiger partial charge is 0.493 e. The van der Waals surface area contributed by atoms with E-state index in [0.29, 0.717) is 47.1 Å². The predicted octanol–water partition coefficient (Wildman–Crippen LogP) is 7.76. The van der Waals surface area contributed by atoms with Crippen LogP contribution in [0.4, 0.5) is 8.78 Å². The van der Waals surface area contributed by atoms with E-state index in [1.54, 1.807) is 24.3 Å². The summed E-state index contributed by atoms with van der Waals surface area (Å²) in [4.78, 5) is 10.9. The number of carboxylic acid groups (broad SMARTS) is 1. The standard InChI is InChI=1S/C28H29ClF2O4/c1-3-19-16-24(10-7-20(19)9-12-27(32)33)34-14-13-18(2)35-26-11-8-22(28(30)31)17-25(26)21-5-4-6-23(29)15-21/h4-8,10-11,15-18,28H,3,9,12-14H2,1-2H3,(H,32,33)/t18-/m1/s1. The molecule has 1 N–H and O–H groups in total. The third-order valence-corrected chi connectivity index (χ3v) is 5.91. The molecule has 0 aromatic heterocycles. The number of carbonyl (C=O) groups is 1. The van der Waals surface area contributed by atoms with Crippen LogP contribution in [-0.4, -0.2) is 23.8 Å². The molecule has 3 rings (SSSR count). The lowest BCUT2D eigenvalue weighted by Crippen LogP contribution is -2.16. The molecule has 0 bridgehead atoms. The maximum Gasteiger partial charge on any atom is 0.303 e. The fraction of sp³-hybridized carbons (Fsp3) is 0.321. The highest BCUT2D eigenvalue weighted by Crippen LogP contribution is 2.35. The third kappa shape index (κ3) is 7.69. The van der Waals surface area contributed by atoms with Gasteiger partial charge in [0.25, 0.3) is 6.43 Å². The number of alkyl halides is 2. The Kier molecular flexibility index (Phi) is 9.49. The Bertz CT molecular complexity index is 1150. The Hall–Kier alpha value is -3.12. The van der Waals surface area contributed by atoms with Gasteiger partial charge in [0.15, 0.2) is 0 Å². The number of carboxylic acids is 1. The van der Waals surface area contributed by atoms with E-state index in [0.717, 1.165) is 17.5 Å². The average molecular weight is 503 g/mol. The topological polar surface area (TPSA) is 55.8 Å². The fourth-order valence-electron chi connectivity index (χ4n) is 3.79. The van der Waals surface area contributed by atoms with Crippen LogP contribution in [0.3, 0.4) is 0 Å². The monoisotopic (exact) mass is 502 g/mol. The van der Waals surface area contributed by atoms with Crippen LogP contribution in [0.1, 0.15) is 49.8 Å². The van der Waals surface area contributed by atoms with Gasteiger partial charge >= 0.3 is 5.97 Å². The highest BCUT2D eigenvalue weighted by Gasteiger charge is 2.16. The van der Waals surface area contributed by atoms with Gasteiger partial charge in [-0.2, -0.15) is 0 Å². The number of hydrogen-bond donors (Lipinski definition) is 1. The summed E-state index contributed by atoms with van der Waals surface area (Å²) in [6.45, 7) is 4.33. The van der Waals surface area contributed by atoms with Crippen molar-refractivity contribution in [2.45, 2.75) is 52.1 Å². The lowest BCUT2D eigenvalue weighted by molar-refractivity contribution is -0.136. The van der Waals surface area contributed by atoms with Gasteiger partial charge in [0, 0.05) is 29.0 Å². The predicted molar refractivity (Wildman–Crippen MR) is 134 cm³/mol. The van der Waals surface area contributed by atoms with E-state index in [1.807, 2.05) is 38.1 Å². The summed E-state index contributed by atoms with van der Waals surface area (Å²) in [6, 6.07) is 17.1. The zero-order valence-corrected chi connectivity index (χ0v) is 20.5. The molecule has 0 heterocycles. The first-order chi connectivity index (χ1) is 16.8. The molecule has 0 saturated carbocycles. The number of aliphatic carboxylic acids is 1. The average Bonchev–Trinajstić information content (AvgIpc) is 2.83. The van der Waals surface area contributed by atoms with Gasteiger partial charge in [-0.05, 0) is 78.9 Å². The summed E-state index contributed by atoms with van der Waals surface area (Å²) in [5.74, 6) is 0.401. The summed E-state index contributed by atoms with van der Waals surface area (Å²) in [6.07, 6.45) is -0.872.